The highest BCUT2D eigenvalue weighted by molar-refractivity contribution is 5.76. The minimum Gasteiger partial charge on any atom is -0.393 e. The van der Waals surface area contributed by atoms with Crippen molar-refractivity contribution >= 4 is 5.91 Å². The van der Waals surface area contributed by atoms with Gasteiger partial charge in [0.25, 0.3) is 0 Å². The van der Waals surface area contributed by atoms with Crippen molar-refractivity contribution in [1.82, 2.24) is 5.32 Å². The van der Waals surface area contributed by atoms with Crippen LogP contribution in [0.3, 0.4) is 0 Å². The van der Waals surface area contributed by atoms with Crippen molar-refractivity contribution in [2.24, 2.45) is 5.92 Å². The summed E-state index contributed by atoms with van der Waals surface area (Å²) in [7, 11) is 0. The minimum absolute atomic E-state index is 0.112. The number of carbonyl (C=O) groups is 1. The third kappa shape index (κ3) is 4.93. The summed E-state index contributed by atoms with van der Waals surface area (Å²) in [6, 6.07) is -0.112. The summed E-state index contributed by atoms with van der Waals surface area (Å²) < 4.78 is 35.7. The number of amides is 1. The molecule has 6 heteroatoms. The summed E-state index contributed by atoms with van der Waals surface area (Å²) >= 11 is 0. The zero-order chi connectivity index (χ0) is 13.1. The van der Waals surface area contributed by atoms with Crippen LogP contribution in [-0.4, -0.2) is 29.3 Å². The molecule has 17 heavy (non-hydrogen) atoms. The summed E-state index contributed by atoms with van der Waals surface area (Å²) in [6.07, 6.45) is -4.28. The normalized spacial score (nSPS) is 26.2. The zero-order valence-corrected chi connectivity index (χ0v) is 9.76. The highest BCUT2D eigenvalue weighted by Crippen LogP contribution is 2.31. The van der Waals surface area contributed by atoms with Gasteiger partial charge in [-0.05, 0) is 25.2 Å². The smallest absolute Gasteiger partial charge is 0.389 e. The van der Waals surface area contributed by atoms with Gasteiger partial charge in [0.05, 0.1) is 12.5 Å². The molecule has 1 amide bonds. The van der Waals surface area contributed by atoms with Gasteiger partial charge in [-0.3, -0.25) is 4.79 Å². The first-order chi connectivity index (χ1) is 7.81. The van der Waals surface area contributed by atoms with Gasteiger partial charge in [-0.25, -0.2) is 0 Å². The van der Waals surface area contributed by atoms with Gasteiger partial charge < -0.3 is 10.4 Å². The number of hydrogen-bond acceptors (Lipinski definition) is 2. The maximum absolute atomic E-state index is 11.9. The zero-order valence-electron chi connectivity index (χ0n) is 9.76. The van der Waals surface area contributed by atoms with Crippen LogP contribution >= 0.6 is 0 Å². The second kappa shape index (κ2) is 5.71. The van der Waals surface area contributed by atoms with Gasteiger partial charge in [0.15, 0.2) is 0 Å². The van der Waals surface area contributed by atoms with Gasteiger partial charge >= 0.3 is 6.18 Å². The number of rotatable bonds is 5. The summed E-state index contributed by atoms with van der Waals surface area (Å²) in [6.45, 7) is 1.87. The lowest BCUT2D eigenvalue weighted by atomic mass is 9.76. The van der Waals surface area contributed by atoms with Crippen molar-refractivity contribution in [2.75, 3.05) is 0 Å². The first-order valence-corrected chi connectivity index (χ1v) is 5.86. The molecular weight excluding hydrogens is 235 g/mol. The molecule has 1 aliphatic rings. The van der Waals surface area contributed by atoms with Crippen LogP contribution in [0.2, 0.25) is 0 Å². The molecule has 3 nitrogen and oxygen atoms in total. The van der Waals surface area contributed by atoms with Crippen molar-refractivity contribution in [3.63, 3.8) is 0 Å². The molecule has 2 N–H and O–H groups in total. The van der Waals surface area contributed by atoms with E-state index in [1.165, 1.54) is 0 Å². The highest BCUT2D eigenvalue weighted by Gasteiger charge is 2.34. The molecule has 1 unspecified atom stereocenters. The number of nitrogens with one attached hydrogen (secondary N) is 1. The van der Waals surface area contributed by atoms with Crippen molar-refractivity contribution in [2.45, 2.75) is 57.3 Å². The molecule has 1 saturated carbocycles. The van der Waals surface area contributed by atoms with E-state index < -0.39 is 24.9 Å². The number of aliphatic hydroxyl groups excluding tert-OH is 1. The molecule has 0 radical (unpaired) electrons. The maximum atomic E-state index is 11.9. The Balaban J connectivity index is 2.28. The monoisotopic (exact) mass is 253 g/mol. The van der Waals surface area contributed by atoms with Crippen LogP contribution in [0.4, 0.5) is 13.2 Å². The van der Waals surface area contributed by atoms with Gasteiger partial charge in [-0.1, -0.05) is 6.92 Å². The van der Waals surface area contributed by atoms with Gasteiger partial charge in [0.1, 0.15) is 0 Å². The predicted octanol–water partition coefficient (Wildman–Crippen LogP) is 1.99. The lowest BCUT2D eigenvalue weighted by Gasteiger charge is -2.37. The van der Waals surface area contributed by atoms with E-state index in [-0.39, 0.29) is 18.1 Å². The Bertz CT molecular complexity index is 262. The molecule has 1 atom stereocenters. The van der Waals surface area contributed by atoms with Crippen molar-refractivity contribution < 1.29 is 23.1 Å². The van der Waals surface area contributed by atoms with Crippen LogP contribution in [0.1, 0.15) is 39.0 Å². The molecule has 1 aliphatic carbocycles. The van der Waals surface area contributed by atoms with E-state index in [1.54, 1.807) is 0 Å². The first-order valence-electron chi connectivity index (χ1n) is 5.86. The van der Waals surface area contributed by atoms with Crippen LogP contribution in [0, 0.1) is 5.92 Å². The molecule has 100 valence electrons. The number of carbonyl (C=O) groups excluding carboxylic acids is 1. The third-order valence-electron chi connectivity index (χ3n) is 3.14. The van der Waals surface area contributed by atoms with Crippen molar-refractivity contribution in [3.05, 3.63) is 0 Å². The summed E-state index contributed by atoms with van der Waals surface area (Å²) in [5.41, 5.74) is 0. The predicted molar refractivity (Wildman–Crippen MR) is 56.2 cm³/mol. The average Bonchev–Trinajstić information content (AvgIpc) is 2.18. The lowest BCUT2D eigenvalue weighted by molar-refractivity contribution is -0.144. The fraction of sp³-hybridized carbons (Fsp3) is 0.909. The quantitative estimate of drug-likeness (QED) is 0.787. The summed E-state index contributed by atoms with van der Waals surface area (Å²) in [5, 5.41) is 11.8. The summed E-state index contributed by atoms with van der Waals surface area (Å²) in [5.74, 6) is -0.361. The molecule has 0 bridgehead atoms. The van der Waals surface area contributed by atoms with Gasteiger partial charge in [0.2, 0.25) is 5.91 Å². The third-order valence-corrected chi connectivity index (χ3v) is 3.14. The minimum atomic E-state index is -4.29. The molecule has 0 spiro atoms. The Morgan fingerprint density at radius 1 is 1.47 bits per heavy atom. The largest absolute Gasteiger partial charge is 0.393 e. The van der Waals surface area contributed by atoms with E-state index >= 15 is 0 Å². The molecule has 1 rings (SSSR count). The van der Waals surface area contributed by atoms with E-state index in [0.717, 1.165) is 0 Å². The molecule has 0 aromatic carbocycles. The molecule has 0 aliphatic heterocycles. The number of hydrogen-bond donors (Lipinski definition) is 2. The van der Waals surface area contributed by atoms with E-state index in [9.17, 15) is 18.0 Å². The highest BCUT2D eigenvalue weighted by atomic mass is 19.4. The fourth-order valence-corrected chi connectivity index (χ4v) is 2.05. The first kappa shape index (κ1) is 14.3. The SMILES string of the molecule is CCC(NC(=O)CCC(F)(F)F)C1CC(O)C1. The molecule has 0 heterocycles. The van der Waals surface area contributed by atoms with Crippen LogP contribution in [0.15, 0.2) is 0 Å². The second-order valence-electron chi connectivity index (χ2n) is 4.58. The fourth-order valence-electron chi connectivity index (χ4n) is 2.05. The number of alkyl halides is 3. The molecular formula is C11H18F3NO2. The Morgan fingerprint density at radius 2 is 2.06 bits per heavy atom. The van der Waals surface area contributed by atoms with Crippen LogP contribution in [-0.2, 0) is 4.79 Å². The van der Waals surface area contributed by atoms with E-state index in [4.69, 9.17) is 5.11 Å². The maximum Gasteiger partial charge on any atom is 0.389 e. The van der Waals surface area contributed by atoms with E-state index in [0.29, 0.717) is 19.3 Å². The molecule has 1 fully saturated rings. The Labute approximate surface area is 98.4 Å². The lowest BCUT2D eigenvalue weighted by Crippen LogP contribution is -2.46. The van der Waals surface area contributed by atoms with E-state index in [1.807, 2.05) is 6.92 Å². The van der Waals surface area contributed by atoms with Crippen molar-refractivity contribution in [1.29, 1.82) is 0 Å². The molecule has 0 aromatic heterocycles. The summed E-state index contributed by atoms with van der Waals surface area (Å²) in [4.78, 5) is 11.3. The van der Waals surface area contributed by atoms with Crippen LogP contribution in [0.5, 0.6) is 0 Å². The van der Waals surface area contributed by atoms with Gasteiger partial charge in [-0.15, -0.1) is 0 Å². The van der Waals surface area contributed by atoms with Gasteiger partial charge in [-0.2, -0.15) is 13.2 Å². The van der Waals surface area contributed by atoms with E-state index in [2.05, 4.69) is 5.32 Å². The Kier molecular flexibility index (Phi) is 4.80. The average molecular weight is 253 g/mol. The topological polar surface area (TPSA) is 49.3 Å². The standard InChI is InChI=1S/C11H18F3NO2/c1-2-9(7-5-8(16)6-7)15-10(17)3-4-11(12,13)14/h7-9,16H,2-6H2,1H3,(H,15,17). The second-order valence-corrected chi connectivity index (χ2v) is 4.58. The van der Waals surface area contributed by atoms with Crippen LogP contribution < -0.4 is 5.32 Å². The Hall–Kier alpha value is -0.780. The number of halogens is 3. The van der Waals surface area contributed by atoms with Crippen LogP contribution in [0.25, 0.3) is 0 Å². The molecule has 0 saturated heterocycles. The van der Waals surface area contributed by atoms with Crippen molar-refractivity contribution in [3.8, 4) is 0 Å². The Morgan fingerprint density at radius 3 is 2.47 bits per heavy atom. The molecule has 0 aromatic rings. The van der Waals surface area contributed by atoms with Gasteiger partial charge in [0, 0.05) is 12.5 Å². The number of aliphatic hydroxyl groups is 1.